The molecule has 0 amide bonds. The first-order chi connectivity index (χ1) is 18.3. The number of benzene rings is 1. The third kappa shape index (κ3) is 9.04. The van der Waals surface area contributed by atoms with Crippen molar-refractivity contribution in [3.05, 3.63) is 89.8 Å². The number of carbonyl (C=O) groups excluding carboxylic acids is 1. The molecule has 2 rings (SSSR count). The fourth-order valence-corrected chi connectivity index (χ4v) is 5.76. The number of halogens is 4. The third-order valence-corrected chi connectivity index (χ3v) is 8.59. The highest BCUT2D eigenvalue weighted by Crippen LogP contribution is 2.37. The Bertz CT molecular complexity index is 1340. The van der Waals surface area contributed by atoms with Gasteiger partial charge in [-0.05, 0) is 68.5 Å². The highest BCUT2D eigenvalue weighted by molar-refractivity contribution is 7.92. The molecule has 39 heavy (non-hydrogen) atoms. The minimum atomic E-state index is -4.50. The highest BCUT2D eigenvalue weighted by atomic mass is 32.2. The van der Waals surface area contributed by atoms with Crippen molar-refractivity contribution in [2.75, 3.05) is 7.11 Å². The van der Waals surface area contributed by atoms with Crippen molar-refractivity contribution in [2.45, 2.75) is 55.9 Å². The number of hydrogen-bond donors (Lipinski definition) is 0. The molecule has 0 spiro atoms. The molecule has 210 valence electrons. The number of sulfone groups is 1. The second-order valence-corrected chi connectivity index (χ2v) is 11.0. The Morgan fingerprint density at radius 3 is 2.28 bits per heavy atom. The van der Waals surface area contributed by atoms with E-state index in [0.29, 0.717) is 24.0 Å². The van der Waals surface area contributed by atoms with Crippen LogP contribution in [0.3, 0.4) is 0 Å². The minimum Gasteiger partial charge on any atom is -0.435 e. The molecule has 5 nitrogen and oxygen atoms in total. The number of alkyl halides is 3. The number of ether oxygens (including phenoxy) is 1. The predicted molar refractivity (Wildman–Crippen MR) is 146 cm³/mol. The van der Waals surface area contributed by atoms with E-state index in [9.17, 15) is 30.8 Å². The summed E-state index contributed by atoms with van der Waals surface area (Å²) in [5.74, 6) is -0.950. The van der Waals surface area contributed by atoms with Gasteiger partial charge in [0, 0.05) is 12.0 Å². The standard InChI is InChI=1S/C29H32F4NO4S/c1-5-21(8-7-20(3)29(31,32)33)17-18-34-28(38-4)22(6-2)19-25(35)13-9-23-10-16-27(23)39(36,37)26-14-11-24(30)12-15-26/h5-9,11-15,18,23,27H,3,10,16-17,19H2,1-2,4H3/q+1/b8-7-,13-9+,21-5+,22-6-/t23-,27+/m1/s1. The summed E-state index contributed by atoms with van der Waals surface area (Å²) in [6, 6.07) is 4.69. The Kier molecular flexibility index (Phi) is 11.4. The molecule has 2 atom stereocenters. The first kappa shape index (κ1) is 31.7. The van der Waals surface area contributed by atoms with Gasteiger partial charge < -0.3 is 4.74 Å². The fourth-order valence-electron chi connectivity index (χ4n) is 3.76. The van der Waals surface area contributed by atoms with Gasteiger partial charge in [0.05, 0.1) is 29.2 Å². The average Bonchev–Trinajstić information content (AvgIpc) is 2.85. The summed E-state index contributed by atoms with van der Waals surface area (Å²) in [6.45, 7) is 6.39. The second-order valence-electron chi connectivity index (χ2n) is 8.84. The maximum Gasteiger partial charge on any atom is 0.489 e. The van der Waals surface area contributed by atoms with Gasteiger partial charge in [0.15, 0.2) is 15.6 Å². The van der Waals surface area contributed by atoms with Gasteiger partial charge in [0.1, 0.15) is 5.82 Å². The Balaban J connectivity index is 2.05. The van der Waals surface area contributed by atoms with Crippen molar-refractivity contribution in [2.24, 2.45) is 5.92 Å². The second kappa shape index (κ2) is 14.1. The average molecular weight is 567 g/mol. The van der Waals surface area contributed by atoms with Gasteiger partial charge in [-0.1, -0.05) is 41.6 Å². The minimum absolute atomic E-state index is 0.0443. The van der Waals surface area contributed by atoms with Crippen LogP contribution < -0.4 is 4.67 Å². The molecule has 0 N–H and O–H groups in total. The number of methoxy groups -OCH3 is 1. The van der Waals surface area contributed by atoms with Crippen molar-refractivity contribution in [3.63, 3.8) is 0 Å². The Labute approximate surface area is 226 Å². The van der Waals surface area contributed by atoms with Gasteiger partial charge in [0.25, 0.3) is 6.21 Å². The van der Waals surface area contributed by atoms with Crippen LogP contribution in [0.4, 0.5) is 17.6 Å². The van der Waals surface area contributed by atoms with Crippen LogP contribution in [0.1, 0.15) is 39.5 Å². The van der Waals surface area contributed by atoms with Crippen LogP contribution in [-0.2, 0) is 19.4 Å². The van der Waals surface area contributed by atoms with Crippen LogP contribution >= 0.6 is 0 Å². The smallest absolute Gasteiger partial charge is 0.435 e. The number of hydrogen-bond acceptors (Lipinski definition) is 4. The lowest BCUT2D eigenvalue weighted by Gasteiger charge is -2.33. The van der Waals surface area contributed by atoms with Crippen molar-refractivity contribution >= 4 is 27.7 Å². The molecule has 0 saturated heterocycles. The van der Waals surface area contributed by atoms with Gasteiger partial charge in [-0.25, -0.2) is 12.8 Å². The van der Waals surface area contributed by atoms with Crippen LogP contribution in [0.5, 0.6) is 0 Å². The topological polar surface area (TPSA) is 74.5 Å². The molecule has 0 aliphatic heterocycles. The number of nitrogens with zero attached hydrogens (tertiary/aromatic N) is 1. The van der Waals surface area contributed by atoms with Crippen molar-refractivity contribution in [1.29, 1.82) is 0 Å². The van der Waals surface area contributed by atoms with E-state index in [1.807, 2.05) is 0 Å². The molecule has 10 heteroatoms. The van der Waals surface area contributed by atoms with Crippen LogP contribution in [-0.4, -0.2) is 44.8 Å². The molecule has 1 saturated carbocycles. The molecular formula is C29H32F4NO4S+. The Morgan fingerprint density at radius 1 is 1.10 bits per heavy atom. The van der Waals surface area contributed by atoms with E-state index in [2.05, 4.69) is 11.2 Å². The molecule has 0 aromatic heterocycles. The molecule has 1 aromatic rings. The molecule has 0 radical (unpaired) electrons. The number of carbonyl (C=O) groups is 1. The third-order valence-electron chi connectivity index (χ3n) is 6.28. The zero-order valence-corrected chi connectivity index (χ0v) is 22.9. The molecular weight excluding hydrogens is 534 g/mol. The maximum atomic E-state index is 13.2. The quantitative estimate of drug-likeness (QED) is 0.0623. The van der Waals surface area contributed by atoms with Crippen molar-refractivity contribution in [3.8, 4) is 0 Å². The molecule has 1 aromatic carbocycles. The van der Waals surface area contributed by atoms with Gasteiger partial charge in [0.2, 0.25) is 0 Å². The molecule has 1 aliphatic carbocycles. The van der Waals surface area contributed by atoms with E-state index in [1.165, 1.54) is 37.6 Å². The van der Waals surface area contributed by atoms with Crippen molar-refractivity contribution < 1.29 is 35.5 Å². The SMILES string of the molecule is C=C(/C=C\C(=C/C)CC=[N+]=C(OC)/C(=C\C)CC(=O)/C=C/[C@@H]1CC[C@@H]1S(=O)(=O)c1ccc(F)cc1)C(F)(F)F. The van der Waals surface area contributed by atoms with Crippen LogP contribution in [0.25, 0.3) is 0 Å². The summed E-state index contributed by atoms with van der Waals surface area (Å²) in [6.07, 6.45) is 6.68. The first-order valence-electron chi connectivity index (χ1n) is 12.2. The lowest BCUT2D eigenvalue weighted by molar-refractivity contribution is -0.114. The summed E-state index contributed by atoms with van der Waals surface area (Å²) in [5, 5.41) is -0.679. The van der Waals surface area contributed by atoms with Gasteiger partial charge >= 0.3 is 12.1 Å². The zero-order valence-electron chi connectivity index (χ0n) is 22.0. The summed E-state index contributed by atoms with van der Waals surface area (Å²) in [4.78, 5) is 12.7. The number of rotatable bonds is 11. The van der Waals surface area contributed by atoms with Crippen LogP contribution in [0, 0.1) is 11.7 Å². The lowest BCUT2D eigenvalue weighted by Crippen LogP contribution is -2.37. The summed E-state index contributed by atoms with van der Waals surface area (Å²) in [5.41, 5.74) is 0.105. The number of ketones is 1. The number of allylic oxidation sites excluding steroid dienone is 8. The van der Waals surface area contributed by atoms with E-state index in [4.69, 9.17) is 4.74 Å². The van der Waals surface area contributed by atoms with E-state index in [1.54, 1.807) is 32.1 Å². The summed E-state index contributed by atoms with van der Waals surface area (Å²) >= 11 is 0. The van der Waals surface area contributed by atoms with E-state index in [0.717, 1.165) is 18.2 Å². The normalized spacial score (nSPS) is 18.5. The van der Waals surface area contributed by atoms with Gasteiger partial charge in [-0.15, -0.1) is 0 Å². The fraction of sp³-hybridized carbons (Fsp3) is 0.345. The van der Waals surface area contributed by atoms with Gasteiger partial charge in [-0.3, -0.25) is 4.79 Å². The predicted octanol–water partition coefficient (Wildman–Crippen LogP) is 6.03. The largest absolute Gasteiger partial charge is 0.489 e. The van der Waals surface area contributed by atoms with Gasteiger partial charge in [-0.2, -0.15) is 13.2 Å². The van der Waals surface area contributed by atoms with E-state index in [-0.39, 0.29) is 35.3 Å². The Morgan fingerprint density at radius 2 is 1.77 bits per heavy atom. The van der Waals surface area contributed by atoms with E-state index >= 15 is 0 Å². The zero-order chi connectivity index (χ0) is 29.2. The molecule has 1 fully saturated rings. The summed E-state index contributed by atoms with van der Waals surface area (Å²) < 4.78 is 86.3. The Hall–Kier alpha value is -3.49. The molecule has 0 unspecified atom stereocenters. The van der Waals surface area contributed by atoms with Crippen LogP contribution in [0.2, 0.25) is 0 Å². The lowest BCUT2D eigenvalue weighted by atomic mass is 9.84. The maximum absolute atomic E-state index is 13.2. The van der Waals surface area contributed by atoms with E-state index < -0.39 is 32.7 Å². The van der Waals surface area contributed by atoms with Crippen molar-refractivity contribution in [1.82, 2.24) is 4.67 Å². The highest BCUT2D eigenvalue weighted by Gasteiger charge is 2.40. The molecule has 1 aliphatic rings. The first-order valence-corrected chi connectivity index (χ1v) is 13.8. The van der Waals surface area contributed by atoms with Crippen LogP contribution in [0.15, 0.2) is 88.9 Å². The molecule has 0 bridgehead atoms. The summed E-state index contributed by atoms with van der Waals surface area (Å²) in [7, 11) is -2.26. The molecule has 0 heterocycles. The monoisotopic (exact) mass is 566 g/mol.